The number of aryl methyl sites for hydroxylation is 1. The summed E-state index contributed by atoms with van der Waals surface area (Å²) in [5.41, 5.74) is 4.40. The molecule has 0 saturated heterocycles. The van der Waals surface area contributed by atoms with Gasteiger partial charge in [-0.15, -0.1) is 0 Å². The molecule has 0 aromatic heterocycles. The van der Waals surface area contributed by atoms with E-state index in [9.17, 15) is 14.0 Å². The van der Waals surface area contributed by atoms with Gasteiger partial charge >= 0.3 is 5.97 Å². The SMILES string of the molecule is C=C(NCc1ccc(F)c(C)c1)C1=CC(C(=O)NCc2c#cc(C(=O)O)cc2)=NC2=NC=C(C)CN12. The highest BCUT2D eigenvalue weighted by atomic mass is 19.1. The van der Waals surface area contributed by atoms with Gasteiger partial charge in [0, 0.05) is 24.9 Å². The standard InChI is InChI=1S/C27H24FN5O3/c1-16-12-31-27-32-23(25(34)30-13-19-4-7-21(8-5-19)26(35)36)11-24(33(27)15-16)18(3)29-14-20-6-9-22(28)17(2)10-20/h4,6-7,9-12,29H,3,13-15H2,1-2H3,(H,30,34)(H,35,36). The van der Waals surface area contributed by atoms with E-state index in [-0.39, 0.29) is 23.6 Å². The number of carboxylic acid groups (broad SMARTS) is 1. The minimum absolute atomic E-state index is 0.00475. The number of halogens is 1. The Labute approximate surface area is 208 Å². The molecule has 0 spiro atoms. The summed E-state index contributed by atoms with van der Waals surface area (Å²) in [6.45, 7) is 8.89. The molecule has 0 unspecified atom stereocenters. The number of fused-ring (bicyclic) bond motifs is 1. The number of nitrogens with one attached hydrogen (secondary N) is 2. The van der Waals surface area contributed by atoms with Crippen molar-refractivity contribution in [2.24, 2.45) is 9.98 Å². The third kappa shape index (κ3) is 5.50. The molecule has 0 atom stereocenters. The number of amides is 1. The first-order valence-corrected chi connectivity index (χ1v) is 11.1. The summed E-state index contributed by atoms with van der Waals surface area (Å²) in [5.74, 6) is -1.42. The maximum Gasteiger partial charge on any atom is 0.344 e. The minimum Gasteiger partial charge on any atom is -0.477 e. The van der Waals surface area contributed by atoms with Crippen molar-refractivity contribution >= 4 is 23.5 Å². The van der Waals surface area contributed by atoms with E-state index in [1.54, 1.807) is 37.4 Å². The molecule has 2 aliphatic rings. The van der Waals surface area contributed by atoms with E-state index in [0.29, 0.717) is 41.6 Å². The molecule has 2 aliphatic heterocycles. The fourth-order valence-corrected chi connectivity index (χ4v) is 3.62. The zero-order valence-corrected chi connectivity index (χ0v) is 19.9. The van der Waals surface area contributed by atoms with Gasteiger partial charge in [-0.05, 0) is 54.8 Å². The first-order chi connectivity index (χ1) is 17.2. The Morgan fingerprint density at radius 3 is 2.67 bits per heavy atom. The van der Waals surface area contributed by atoms with Gasteiger partial charge in [-0.25, -0.2) is 19.2 Å². The number of nitrogens with zero attached hydrogens (tertiary/aromatic N) is 3. The number of aliphatic imine (C=N–C) groups is 2. The normalized spacial score (nSPS) is 14.4. The van der Waals surface area contributed by atoms with E-state index in [2.05, 4.69) is 39.3 Å². The van der Waals surface area contributed by atoms with Gasteiger partial charge < -0.3 is 20.6 Å². The molecule has 2 aromatic rings. The zero-order chi connectivity index (χ0) is 25.8. The Morgan fingerprint density at radius 1 is 1.17 bits per heavy atom. The fourth-order valence-electron chi connectivity index (χ4n) is 3.62. The third-order valence-electron chi connectivity index (χ3n) is 5.58. The highest BCUT2D eigenvalue weighted by Gasteiger charge is 2.28. The number of rotatable bonds is 8. The van der Waals surface area contributed by atoms with Crippen LogP contribution >= 0.6 is 0 Å². The second-order valence-corrected chi connectivity index (χ2v) is 8.44. The van der Waals surface area contributed by atoms with Crippen molar-refractivity contribution < 1.29 is 19.1 Å². The summed E-state index contributed by atoms with van der Waals surface area (Å²) in [7, 11) is 0. The lowest BCUT2D eigenvalue weighted by molar-refractivity contribution is -0.114. The number of carbonyl (C=O) groups is 2. The fraction of sp³-hybridized carbons (Fsp3) is 0.185. The first kappa shape index (κ1) is 24.4. The van der Waals surface area contributed by atoms with Crippen LogP contribution < -0.4 is 10.6 Å². The Hall–Kier alpha value is -4.71. The van der Waals surface area contributed by atoms with Gasteiger partial charge in [-0.3, -0.25) is 4.79 Å². The molecule has 2 heterocycles. The van der Waals surface area contributed by atoms with Gasteiger partial charge in [0.25, 0.3) is 5.91 Å². The monoisotopic (exact) mass is 485 g/mol. The second-order valence-electron chi connectivity index (χ2n) is 8.44. The topological polar surface area (TPSA) is 106 Å². The summed E-state index contributed by atoms with van der Waals surface area (Å²) >= 11 is 0. The predicted octanol–water partition coefficient (Wildman–Crippen LogP) is 3.27. The molecule has 0 saturated carbocycles. The molecular formula is C27H24FN5O3. The van der Waals surface area contributed by atoms with E-state index in [1.807, 2.05) is 11.8 Å². The van der Waals surface area contributed by atoms with Crippen molar-refractivity contribution in [3.63, 3.8) is 0 Å². The molecule has 2 aromatic carbocycles. The average Bonchev–Trinajstić information content (AvgIpc) is 2.87. The highest BCUT2D eigenvalue weighted by molar-refractivity contribution is 6.45. The predicted molar refractivity (Wildman–Crippen MR) is 133 cm³/mol. The van der Waals surface area contributed by atoms with Gasteiger partial charge in [-0.2, -0.15) is 0 Å². The van der Waals surface area contributed by atoms with E-state index in [0.717, 1.165) is 11.1 Å². The second kappa shape index (κ2) is 10.3. The van der Waals surface area contributed by atoms with Gasteiger partial charge in [0.1, 0.15) is 17.1 Å². The van der Waals surface area contributed by atoms with Crippen molar-refractivity contribution in [1.29, 1.82) is 0 Å². The van der Waals surface area contributed by atoms with Gasteiger partial charge in [0.2, 0.25) is 5.96 Å². The quantitative estimate of drug-likeness (QED) is 0.532. The van der Waals surface area contributed by atoms with Crippen LogP contribution in [0.5, 0.6) is 0 Å². The highest BCUT2D eigenvalue weighted by Crippen LogP contribution is 2.23. The molecule has 8 nitrogen and oxygen atoms in total. The summed E-state index contributed by atoms with van der Waals surface area (Å²) in [6, 6.07) is 13.1. The lowest BCUT2D eigenvalue weighted by Gasteiger charge is -2.32. The van der Waals surface area contributed by atoms with Gasteiger partial charge in [-0.1, -0.05) is 30.8 Å². The molecule has 0 radical (unpaired) electrons. The largest absolute Gasteiger partial charge is 0.477 e. The Kier molecular flexibility index (Phi) is 6.97. The van der Waals surface area contributed by atoms with Crippen LogP contribution in [0.4, 0.5) is 4.39 Å². The maximum atomic E-state index is 13.6. The lowest BCUT2D eigenvalue weighted by atomic mass is 10.1. The molecule has 0 fully saturated rings. The number of guanidine groups is 1. The molecule has 1 amide bonds. The Balaban J connectivity index is 1.49. The van der Waals surface area contributed by atoms with E-state index in [1.165, 1.54) is 12.1 Å². The van der Waals surface area contributed by atoms with Crippen LogP contribution in [0.1, 0.15) is 34.0 Å². The third-order valence-corrected chi connectivity index (χ3v) is 5.58. The zero-order valence-electron chi connectivity index (χ0n) is 19.9. The molecule has 0 bridgehead atoms. The van der Waals surface area contributed by atoms with Crippen LogP contribution in [-0.4, -0.2) is 40.1 Å². The van der Waals surface area contributed by atoms with Crippen molar-refractivity contribution in [3.05, 3.63) is 106 Å². The van der Waals surface area contributed by atoms with Crippen LogP contribution in [0.15, 0.2) is 76.1 Å². The van der Waals surface area contributed by atoms with Crippen molar-refractivity contribution in [2.75, 3.05) is 6.54 Å². The summed E-state index contributed by atoms with van der Waals surface area (Å²) < 4.78 is 13.6. The van der Waals surface area contributed by atoms with Crippen molar-refractivity contribution in [3.8, 4) is 0 Å². The molecule has 182 valence electrons. The smallest absolute Gasteiger partial charge is 0.344 e. The summed E-state index contributed by atoms with van der Waals surface area (Å²) in [4.78, 5) is 34.6. The molecule has 3 N–H and O–H groups in total. The van der Waals surface area contributed by atoms with Crippen molar-refractivity contribution in [1.82, 2.24) is 15.5 Å². The minimum atomic E-state index is -1.10. The molecule has 36 heavy (non-hydrogen) atoms. The molecule has 0 aliphatic carbocycles. The number of carbonyl (C=O) groups excluding carboxylic acids is 1. The number of hydrogen-bond acceptors (Lipinski definition) is 6. The number of hydrogen-bond donors (Lipinski definition) is 3. The average molecular weight is 486 g/mol. The lowest BCUT2D eigenvalue weighted by Crippen LogP contribution is -2.41. The number of aromatic carboxylic acids is 1. The van der Waals surface area contributed by atoms with Gasteiger partial charge in [0.15, 0.2) is 0 Å². The summed E-state index contributed by atoms with van der Waals surface area (Å²) in [6.07, 6.45) is 3.35. The number of benzene rings is 1. The van der Waals surface area contributed by atoms with Crippen LogP contribution in [0, 0.1) is 24.9 Å². The molecular weight excluding hydrogens is 461 g/mol. The Morgan fingerprint density at radius 2 is 1.97 bits per heavy atom. The van der Waals surface area contributed by atoms with Crippen molar-refractivity contribution in [2.45, 2.75) is 26.9 Å². The van der Waals surface area contributed by atoms with Crippen LogP contribution in [0.3, 0.4) is 0 Å². The molecule has 4 rings (SSSR count). The molecule has 9 heteroatoms. The maximum absolute atomic E-state index is 13.6. The van der Waals surface area contributed by atoms with E-state index >= 15 is 0 Å². The van der Waals surface area contributed by atoms with E-state index in [4.69, 9.17) is 5.11 Å². The van der Waals surface area contributed by atoms with Crippen LogP contribution in [0.25, 0.3) is 0 Å². The van der Waals surface area contributed by atoms with Crippen LogP contribution in [0.2, 0.25) is 0 Å². The summed E-state index contributed by atoms with van der Waals surface area (Å²) in [5, 5.41) is 15.0. The number of carboxylic acids is 1. The van der Waals surface area contributed by atoms with Crippen LogP contribution in [-0.2, 0) is 17.9 Å². The van der Waals surface area contributed by atoms with E-state index < -0.39 is 11.9 Å². The Bertz CT molecular complexity index is 1360. The first-order valence-electron chi connectivity index (χ1n) is 11.1. The van der Waals surface area contributed by atoms with Gasteiger partial charge in [0.05, 0.1) is 17.9 Å².